The van der Waals surface area contributed by atoms with Crippen molar-refractivity contribution in [3.63, 3.8) is 0 Å². The standard InChI is InChI=1S/C48H50O4S/c1-29(2)48(30(3)4)51-40-27-38-37(28-41(40)53-48)42-35-11-9-10-12-39(35)46(25-23-45(5,6)24-26-46)43(42)36-21-22-47(52-44(36)38,31-13-17-33(49-7)18-14-31)32-15-19-34(50-8)20-16-32/h9-22,27-30H,23-26H2,1-8H3. The molecular weight excluding hydrogens is 673 g/mol. The molecule has 1 saturated carbocycles. The van der Waals surface area contributed by atoms with E-state index in [2.05, 4.69) is 114 Å². The van der Waals surface area contributed by atoms with E-state index in [-0.39, 0.29) is 10.3 Å². The molecule has 0 amide bonds. The number of hydrogen-bond donors (Lipinski definition) is 0. The zero-order valence-electron chi connectivity index (χ0n) is 32.3. The van der Waals surface area contributed by atoms with Crippen LogP contribution in [0.1, 0.15) is 95.0 Å². The van der Waals surface area contributed by atoms with E-state index in [1.165, 1.54) is 50.9 Å². The molecule has 0 saturated heterocycles. The summed E-state index contributed by atoms with van der Waals surface area (Å²) in [5.41, 5.74) is 8.25. The number of hydrogen-bond acceptors (Lipinski definition) is 5. The first-order chi connectivity index (χ1) is 25.4. The Morgan fingerprint density at radius 2 is 1.30 bits per heavy atom. The van der Waals surface area contributed by atoms with Crippen molar-refractivity contribution in [2.75, 3.05) is 14.2 Å². The predicted octanol–water partition coefficient (Wildman–Crippen LogP) is 12.6. The largest absolute Gasteiger partial charge is 0.497 e. The van der Waals surface area contributed by atoms with Crippen molar-refractivity contribution < 1.29 is 18.9 Å². The fraction of sp³-hybridized carbons (Fsp3) is 0.375. The summed E-state index contributed by atoms with van der Waals surface area (Å²) < 4.78 is 26.0. The number of methoxy groups -OCH3 is 2. The van der Waals surface area contributed by atoms with Gasteiger partial charge in [0.1, 0.15) is 23.0 Å². The molecule has 5 heteroatoms. The molecule has 0 bridgehead atoms. The lowest BCUT2D eigenvalue weighted by Crippen LogP contribution is -2.40. The molecule has 4 aliphatic rings. The fourth-order valence-electron chi connectivity index (χ4n) is 9.87. The molecule has 1 fully saturated rings. The molecule has 0 unspecified atom stereocenters. The zero-order chi connectivity index (χ0) is 36.9. The van der Waals surface area contributed by atoms with E-state index in [9.17, 15) is 0 Å². The van der Waals surface area contributed by atoms with E-state index in [1.807, 2.05) is 36.0 Å². The number of rotatable bonds is 6. The van der Waals surface area contributed by atoms with E-state index in [1.54, 1.807) is 14.2 Å². The van der Waals surface area contributed by atoms with Gasteiger partial charge in [-0.05, 0) is 101 Å². The highest BCUT2D eigenvalue weighted by molar-refractivity contribution is 8.01. The van der Waals surface area contributed by atoms with Crippen LogP contribution in [0.5, 0.6) is 23.0 Å². The van der Waals surface area contributed by atoms with Crippen LogP contribution in [0.3, 0.4) is 0 Å². The van der Waals surface area contributed by atoms with Crippen LogP contribution in [-0.2, 0) is 11.0 Å². The molecule has 2 aliphatic carbocycles. The van der Waals surface area contributed by atoms with Crippen LogP contribution < -0.4 is 18.9 Å². The maximum Gasteiger partial charge on any atom is 0.178 e. The normalized spacial score (nSPS) is 19.4. The summed E-state index contributed by atoms with van der Waals surface area (Å²) in [5.74, 6) is 4.15. The first kappa shape index (κ1) is 34.4. The van der Waals surface area contributed by atoms with Gasteiger partial charge in [-0.25, -0.2) is 0 Å². The summed E-state index contributed by atoms with van der Waals surface area (Å²) >= 11 is 1.91. The van der Waals surface area contributed by atoms with Crippen molar-refractivity contribution in [2.45, 2.75) is 88.1 Å². The van der Waals surface area contributed by atoms with Crippen molar-refractivity contribution in [3.05, 3.63) is 119 Å². The Morgan fingerprint density at radius 3 is 1.89 bits per heavy atom. The molecule has 0 N–H and O–H groups in total. The van der Waals surface area contributed by atoms with Gasteiger partial charge in [0.15, 0.2) is 10.5 Å². The summed E-state index contributed by atoms with van der Waals surface area (Å²) in [6.07, 6.45) is 9.26. The molecule has 2 heterocycles. The second kappa shape index (κ2) is 12.1. The average molecular weight is 723 g/mol. The molecule has 5 aromatic carbocycles. The van der Waals surface area contributed by atoms with Crippen molar-refractivity contribution in [3.8, 4) is 34.1 Å². The first-order valence-electron chi connectivity index (χ1n) is 19.3. The van der Waals surface area contributed by atoms with Crippen LogP contribution in [0.15, 0.2) is 95.9 Å². The quantitative estimate of drug-likeness (QED) is 0.174. The minimum absolute atomic E-state index is 0.0874. The van der Waals surface area contributed by atoms with Gasteiger partial charge in [0, 0.05) is 39.3 Å². The van der Waals surface area contributed by atoms with Gasteiger partial charge < -0.3 is 18.9 Å². The van der Waals surface area contributed by atoms with E-state index in [0.29, 0.717) is 17.3 Å². The third-order valence-corrected chi connectivity index (χ3v) is 14.8. The third-order valence-electron chi connectivity index (χ3n) is 12.9. The van der Waals surface area contributed by atoms with E-state index in [4.69, 9.17) is 18.9 Å². The van der Waals surface area contributed by atoms with Crippen LogP contribution in [0.4, 0.5) is 0 Å². The Balaban J connectivity index is 1.35. The molecule has 0 atom stereocenters. The summed E-state index contributed by atoms with van der Waals surface area (Å²) in [4.78, 5) is 0.876. The van der Waals surface area contributed by atoms with Crippen molar-refractivity contribution in [1.29, 1.82) is 0 Å². The number of benzene rings is 5. The molecule has 1 spiro atoms. The van der Waals surface area contributed by atoms with E-state index >= 15 is 0 Å². The second-order valence-electron chi connectivity index (χ2n) is 17.0. The molecule has 0 aromatic heterocycles. The van der Waals surface area contributed by atoms with Crippen molar-refractivity contribution in [1.82, 2.24) is 0 Å². The minimum Gasteiger partial charge on any atom is -0.497 e. The molecule has 272 valence electrons. The lowest BCUT2D eigenvalue weighted by Gasteiger charge is -2.44. The monoisotopic (exact) mass is 722 g/mol. The Labute approximate surface area is 318 Å². The lowest BCUT2D eigenvalue weighted by atomic mass is 9.60. The Kier molecular flexibility index (Phi) is 7.85. The first-order valence-corrected chi connectivity index (χ1v) is 20.1. The zero-order valence-corrected chi connectivity index (χ0v) is 33.1. The molecule has 9 rings (SSSR count). The Hall–Kier alpha value is -4.35. The molecular formula is C48H50O4S. The second-order valence-corrected chi connectivity index (χ2v) is 18.3. The smallest absolute Gasteiger partial charge is 0.178 e. The summed E-state index contributed by atoms with van der Waals surface area (Å²) in [7, 11) is 3.42. The highest BCUT2D eigenvalue weighted by Gasteiger charge is 2.52. The van der Waals surface area contributed by atoms with Crippen molar-refractivity contribution in [2.24, 2.45) is 17.3 Å². The van der Waals surface area contributed by atoms with Gasteiger partial charge in [-0.3, -0.25) is 0 Å². The third kappa shape index (κ3) is 4.95. The van der Waals surface area contributed by atoms with Gasteiger partial charge in [-0.1, -0.05) is 108 Å². The SMILES string of the molecule is COc1ccc(C2(c3ccc(OC)cc3)C=Cc3c4c(c5cc6c(cc5c3O2)OC(C(C)C)(C(C)C)S6)-c2ccccc2C42CCC(C)(C)CC2)cc1. The molecule has 53 heavy (non-hydrogen) atoms. The van der Waals surface area contributed by atoms with Crippen LogP contribution in [0.2, 0.25) is 0 Å². The van der Waals surface area contributed by atoms with E-state index < -0.39 is 5.60 Å². The van der Waals surface area contributed by atoms with Crippen LogP contribution in [0, 0.1) is 17.3 Å². The highest BCUT2D eigenvalue weighted by Crippen LogP contribution is 2.65. The maximum absolute atomic E-state index is 7.73. The van der Waals surface area contributed by atoms with Crippen LogP contribution in [-0.4, -0.2) is 19.2 Å². The number of ether oxygens (including phenoxy) is 4. The van der Waals surface area contributed by atoms with E-state index in [0.717, 1.165) is 52.4 Å². The van der Waals surface area contributed by atoms with Crippen LogP contribution >= 0.6 is 11.8 Å². The summed E-state index contributed by atoms with van der Waals surface area (Å²) in [5, 5.41) is 2.35. The van der Waals surface area contributed by atoms with Gasteiger partial charge >= 0.3 is 0 Å². The van der Waals surface area contributed by atoms with Gasteiger partial charge in [0.25, 0.3) is 0 Å². The molecule has 2 aliphatic heterocycles. The summed E-state index contributed by atoms with van der Waals surface area (Å²) in [6.45, 7) is 14.0. The Morgan fingerprint density at radius 1 is 0.698 bits per heavy atom. The lowest BCUT2D eigenvalue weighted by molar-refractivity contribution is 0.0757. The summed E-state index contributed by atoms with van der Waals surface area (Å²) in [6, 6.07) is 30.6. The topological polar surface area (TPSA) is 36.9 Å². The van der Waals surface area contributed by atoms with Gasteiger partial charge in [-0.2, -0.15) is 0 Å². The highest BCUT2D eigenvalue weighted by atomic mass is 32.2. The molecule has 4 nitrogen and oxygen atoms in total. The van der Waals surface area contributed by atoms with Crippen molar-refractivity contribution >= 4 is 28.6 Å². The number of fused-ring (bicyclic) bond motifs is 11. The molecule has 0 radical (unpaired) electrons. The van der Waals surface area contributed by atoms with Gasteiger partial charge in [0.2, 0.25) is 0 Å². The minimum atomic E-state index is -0.895. The number of thioether (sulfide) groups is 1. The fourth-order valence-corrected chi connectivity index (χ4v) is 11.2. The average Bonchev–Trinajstić information content (AvgIpc) is 3.70. The molecule has 5 aromatic rings. The van der Waals surface area contributed by atoms with Gasteiger partial charge in [-0.15, -0.1) is 0 Å². The Bertz CT molecular complexity index is 2210. The predicted molar refractivity (Wildman–Crippen MR) is 218 cm³/mol. The van der Waals surface area contributed by atoms with Crippen LogP contribution in [0.25, 0.3) is 28.0 Å². The maximum atomic E-state index is 7.73. The van der Waals surface area contributed by atoms with Gasteiger partial charge in [0.05, 0.1) is 19.1 Å².